The molecule has 2 aromatic rings. The van der Waals surface area contributed by atoms with E-state index in [2.05, 4.69) is 29.5 Å². The molecule has 0 amide bonds. The van der Waals surface area contributed by atoms with Gasteiger partial charge in [0, 0.05) is 6.04 Å². The number of rotatable bonds is 3. The first kappa shape index (κ1) is 9.74. The van der Waals surface area contributed by atoms with E-state index in [0.29, 0.717) is 6.04 Å². The van der Waals surface area contributed by atoms with Gasteiger partial charge in [0.2, 0.25) is 0 Å². The molecular formula is C11H14N4O. The monoisotopic (exact) mass is 218 g/mol. The Labute approximate surface area is 93.4 Å². The fourth-order valence-electron chi connectivity index (χ4n) is 1.82. The lowest BCUT2D eigenvalue weighted by Crippen LogP contribution is -2.27. The number of fused-ring (bicyclic) bond motifs is 1. The standard InChI is InChI=1S/C11H14N4O/c1-7(2)12-10-11(16-10)15-9-6-4-3-5-8(9)13-14-15/h3-7,10-12H,1-2H3. The third-order valence-corrected chi connectivity index (χ3v) is 2.58. The molecule has 1 aliphatic rings. The van der Waals surface area contributed by atoms with Crippen LogP contribution in [-0.4, -0.2) is 27.3 Å². The summed E-state index contributed by atoms with van der Waals surface area (Å²) in [5.41, 5.74) is 1.92. The zero-order valence-electron chi connectivity index (χ0n) is 9.29. The highest BCUT2D eigenvalue weighted by Crippen LogP contribution is 2.33. The van der Waals surface area contributed by atoms with Crippen molar-refractivity contribution < 1.29 is 4.74 Å². The average molecular weight is 218 g/mol. The van der Waals surface area contributed by atoms with Gasteiger partial charge in [0.1, 0.15) is 5.52 Å². The number of para-hydroxylation sites is 1. The maximum Gasteiger partial charge on any atom is 0.194 e. The van der Waals surface area contributed by atoms with Gasteiger partial charge in [-0.3, -0.25) is 5.32 Å². The van der Waals surface area contributed by atoms with Crippen molar-refractivity contribution in [2.45, 2.75) is 32.3 Å². The Bertz CT molecular complexity index is 507. The number of hydrogen-bond acceptors (Lipinski definition) is 4. The van der Waals surface area contributed by atoms with Crippen LogP contribution in [-0.2, 0) is 4.74 Å². The zero-order valence-corrected chi connectivity index (χ0v) is 9.29. The van der Waals surface area contributed by atoms with Crippen molar-refractivity contribution >= 4 is 11.0 Å². The SMILES string of the molecule is CC(C)NC1OC1n1nnc2ccccc21. The van der Waals surface area contributed by atoms with Gasteiger partial charge in [-0.1, -0.05) is 17.3 Å². The van der Waals surface area contributed by atoms with E-state index >= 15 is 0 Å². The summed E-state index contributed by atoms with van der Waals surface area (Å²) in [7, 11) is 0. The third kappa shape index (κ3) is 1.58. The molecule has 2 unspecified atom stereocenters. The van der Waals surface area contributed by atoms with Crippen LogP contribution in [0, 0.1) is 0 Å². The molecule has 1 N–H and O–H groups in total. The summed E-state index contributed by atoms with van der Waals surface area (Å²) in [5.74, 6) is 0. The summed E-state index contributed by atoms with van der Waals surface area (Å²) in [5, 5.41) is 11.5. The van der Waals surface area contributed by atoms with E-state index in [1.807, 2.05) is 28.9 Å². The Morgan fingerprint density at radius 3 is 3.00 bits per heavy atom. The minimum atomic E-state index is -0.0187. The number of epoxide rings is 1. The van der Waals surface area contributed by atoms with Crippen molar-refractivity contribution in [3.63, 3.8) is 0 Å². The Morgan fingerprint density at radius 1 is 1.38 bits per heavy atom. The predicted molar refractivity (Wildman–Crippen MR) is 59.7 cm³/mol. The van der Waals surface area contributed by atoms with Crippen LogP contribution in [0.15, 0.2) is 24.3 Å². The molecule has 0 aliphatic carbocycles. The van der Waals surface area contributed by atoms with Gasteiger partial charge >= 0.3 is 0 Å². The molecule has 1 aromatic heterocycles. The summed E-state index contributed by atoms with van der Waals surface area (Å²) in [6.45, 7) is 4.19. The fourth-order valence-corrected chi connectivity index (χ4v) is 1.82. The van der Waals surface area contributed by atoms with Gasteiger partial charge in [-0.05, 0) is 26.0 Å². The lowest BCUT2D eigenvalue weighted by atomic mass is 10.3. The van der Waals surface area contributed by atoms with Crippen molar-refractivity contribution in [1.29, 1.82) is 0 Å². The molecule has 84 valence electrons. The molecule has 3 rings (SSSR count). The highest BCUT2D eigenvalue weighted by atomic mass is 16.6. The molecule has 1 aliphatic heterocycles. The lowest BCUT2D eigenvalue weighted by Gasteiger charge is -2.03. The van der Waals surface area contributed by atoms with Crippen LogP contribution in [0.5, 0.6) is 0 Å². The fraction of sp³-hybridized carbons (Fsp3) is 0.455. The van der Waals surface area contributed by atoms with Crippen LogP contribution in [0.4, 0.5) is 0 Å². The Kier molecular flexibility index (Phi) is 2.15. The first-order valence-corrected chi connectivity index (χ1v) is 5.47. The van der Waals surface area contributed by atoms with Gasteiger partial charge in [-0.2, -0.15) is 0 Å². The summed E-state index contributed by atoms with van der Waals surface area (Å²) in [4.78, 5) is 0. The summed E-state index contributed by atoms with van der Waals surface area (Å²) in [6, 6.07) is 8.30. The molecule has 0 radical (unpaired) electrons. The van der Waals surface area contributed by atoms with Crippen LogP contribution >= 0.6 is 0 Å². The predicted octanol–water partition coefficient (Wildman–Crippen LogP) is 1.28. The van der Waals surface area contributed by atoms with E-state index in [-0.39, 0.29) is 12.5 Å². The lowest BCUT2D eigenvalue weighted by molar-refractivity contribution is 0.302. The van der Waals surface area contributed by atoms with Gasteiger partial charge in [-0.15, -0.1) is 5.10 Å². The largest absolute Gasteiger partial charge is 0.329 e. The number of hydrogen-bond donors (Lipinski definition) is 1. The first-order valence-electron chi connectivity index (χ1n) is 5.47. The zero-order chi connectivity index (χ0) is 11.1. The van der Waals surface area contributed by atoms with Crippen LogP contribution in [0.1, 0.15) is 20.1 Å². The molecule has 0 spiro atoms. The normalized spacial score (nSPS) is 24.2. The summed E-state index contributed by atoms with van der Waals surface area (Å²) >= 11 is 0. The second-order valence-electron chi connectivity index (χ2n) is 4.29. The van der Waals surface area contributed by atoms with Crippen molar-refractivity contribution in [3.8, 4) is 0 Å². The van der Waals surface area contributed by atoms with Crippen LogP contribution < -0.4 is 5.32 Å². The van der Waals surface area contributed by atoms with Crippen LogP contribution in [0.3, 0.4) is 0 Å². The van der Waals surface area contributed by atoms with E-state index in [0.717, 1.165) is 11.0 Å². The third-order valence-electron chi connectivity index (χ3n) is 2.58. The molecule has 0 saturated carbocycles. The van der Waals surface area contributed by atoms with Crippen molar-refractivity contribution in [2.75, 3.05) is 0 Å². The van der Waals surface area contributed by atoms with E-state index in [1.165, 1.54) is 0 Å². The number of nitrogens with one attached hydrogen (secondary N) is 1. The van der Waals surface area contributed by atoms with Crippen molar-refractivity contribution in [2.24, 2.45) is 0 Å². The van der Waals surface area contributed by atoms with Gasteiger partial charge in [0.15, 0.2) is 12.5 Å². The van der Waals surface area contributed by atoms with E-state index in [4.69, 9.17) is 4.74 Å². The highest BCUT2D eigenvalue weighted by Gasteiger charge is 2.42. The molecule has 5 nitrogen and oxygen atoms in total. The smallest absolute Gasteiger partial charge is 0.194 e. The molecule has 2 heterocycles. The van der Waals surface area contributed by atoms with E-state index in [1.54, 1.807) is 0 Å². The molecule has 0 bridgehead atoms. The summed E-state index contributed by atoms with van der Waals surface area (Å²) in [6.07, 6.45) is 0.0416. The van der Waals surface area contributed by atoms with Gasteiger partial charge < -0.3 is 4.74 Å². The Balaban J connectivity index is 1.86. The first-order chi connectivity index (χ1) is 7.75. The minimum absolute atomic E-state index is 0.0187. The average Bonchev–Trinajstić information content (AvgIpc) is 2.88. The molecule has 1 fully saturated rings. The molecule has 16 heavy (non-hydrogen) atoms. The van der Waals surface area contributed by atoms with Crippen molar-refractivity contribution in [1.82, 2.24) is 20.3 Å². The second-order valence-corrected chi connectivity index (χ2v) is 4.29. The Hall–Kier alpha value is -1.46. The number of aromatic nitrogens is 3. The van der Waals surface area contributed by atoms with Crippen molar-refractivity contribution in [3.05, 3.63) is 24.3 Å². The number of nitrogens with zero attached hydrogens (tertiary/aromatic N) is 3. The summed E-state index contributed by atoms with van der Waals surface area (Å²) < 4.78 is 7.36. The quantitative estimate of drug-likeness (QED) is 0.788. The minimum Gasteiger partial charge on any atom is -0.329 e. The molecule has 5 heteroatoms. The maximum absolute atomic E-state index is 5.53. The van der Waals surface area contributed by atoms with E-state index in [9.17, 15) is 0 Å². The molecule has 1 saturated heterocycles. The second kappa shape index (κ2) is 3.54. The van der Waals surface area contributed by atoms with Gasteiger partial charge in [0.25, 0.3) is 0 Å². The molecular weight excluding hydrogens is 204 g/mol. The maximum atomic E-state index is 5.53. The highest BCUT2D eigenvalue weighted by molar-refractivity contribution is 5.74. The number of benzene rings is 1. The topological polar surface area (TPSA) is 55.3 Å². The number of ether oxygens (including phenoxy) is 1. The molecule has 2 atom stereocenters. The van der Waals surface area contributed by atoms with E-state index < -0.39 is 0 Å². The Morgan fingerprint density at radius 2 is 2.19 bits per heavy atom. The van der Waals surface area contributed by atoms with Crippen LogP contribution in [0.25, 0.3) is 11.0 Å². The van der Waals surface area contributed by atoms with Crippen LogP contribution in [0.2, 0.25) is 0 Å². The molecule has 1 aromatic carbocycles. The van der Waals surface area contributed by atoms with Gasteiger partial charge in [-0.25, -0.2) is 4.68 Å². The van der Waals surface area contributed by atoms with Gasteiger partial charge in [0.05, 0.1) is 5.52 Å².